The Morgan fingerprint density at radius 3 is 2.81 bits per heavy atom. The molecule has 0 saturated carbocycles. The highest BCUT2D eigenvalue weighted by Crippen LogP contribution is 2.31. The predicted octanol–water partition coefficient (Wildman–Crippen LogP) is 5.25. The van der Waals surface area contributed by atoms with Crippen LogP contribution in [0.1, 0.15) is 11.6 Å². The molecule has 0 aliphatic rings. The quantitative estimate of drug-likeness (QED) is 0.519. The second kappa shape index (κ2) is 6.58. The SMILES string of the molecule is N#CC(Nc1ccc2[nH]cnc2c1)c1ccc(-c2ccsc2)c(F)c1F. The van der Waals surface area contributed by atoms with Crippen LogP contribution < -0.4 is 5.32 Å². The summed E-state index contributed by atoms with van der Waals surface area (Å²) in [6, 6.07) is 10.9. The highest BCUT2D eigenvalue weighted by atomic mass is 32.1. The molecule has 2 heterocycles. The van der Waals surface area contributed by atoms with Gasteiger partial charge in [-0.25, -0.2) is 13.8 Å². The topological polar surface area (TPSA) is 64.5 Å². The summed E-state index contributed by atoms with van der Waals surface area (Å²) >= 11 is 1.41. The van der Waals surface area contributed by atoms with Crippen LogP contribution in [-0.4, -0.2) is 9.97 Å². The van der Waals surface area contributed by atoms with Crippen molar-refractivity contribution < 1.29 is 8.78 Å². The summed E-state index contributed by atoms with van der Waals surface area (Å²) in [6.07, 6.45) is 1.56. The zero-order chi connectivity index (χ0) is 18.1. The van der Waals surface area contributed by atoms with Gasteiger partial charge in [-0.1, -0.05) is 12.1 Å². The van der Waals surface area contributed by atoms with Crippen LogP contribution in [0.3, 0.4) is 0 Å². The van der Waals surface area contributed by atoms with Gasteiger partial charge in [-0.15, -0.1) is 0 Å². The fourth-order valence-electron chi connectivity index (χ4n) is 2.80. The van der Waals surface area contributed by atoms with Crippen molar-refractivity contribution in [2.75, 3.05) is 5.32 Å². The van der Waals surface area contributed by atoms with Crippen LogP contribution in [0, 0.1) is 23.0 Å². The average molecular weight is 366 g/mol. The van der Waals surface area contributed by atoms with Gasteiger partial charge in [-0.05, 0) is 40.6 Å². The maximum atomic E-state index is 14.6. The molecule has 0 radical (unpaired) electrons. The van der Waals surface area contributed by atoms with Crippen molar-refractivity contribution in [2.24, 2.45) is 0 Å². The van der Waals surface area contributed by atoms with E-state index in [1.54, 1.807) is 41.4 Å². The molecular formula is C19H12F2N4S. The Morgan fingerprint density at radius 1 is 1.15 bits per heavy atom. The molecule has 4 rings (SSSR count). The maximum Gasteiger partial charge on any atom is 0.167 e. The minimum absolute atomic E-state index is 0.0360. The number of rotatable bonds is 4. The third-order valence-electron chi connectivity index (χ3n) is 4.12. The zero-order valence-electron chi connectivity index (χ0n) is 13.3. The van der Waals surface area contributed by atoms with E-state index in [1.165, 1.54) is 23.5 Å². The molecule has 2 aromatic carbocycles. The average Bonchev–Trinajstić information content (AvgIpc) is 3.33. The van der Waals surface area contributed by atoms with E-state index >= 15 is 0 Å². The predicted molar refractivity (Wildman–Crippen MR) is 97.7 cm³/mol. The van der Waals surface area contributed by atoms with Crippen LogP contribution in [0.5, 0.6) is 0 Å². The summed E-state index contributed by atoms with van der Waals surface area (Å²) in [5.41, 5.74) is 2.92. The lowest BCUT2D eigenvalue weighted by Gasteiger charge is -2.15. The standard InChI is InChI=1S/C19H12F2N4S/c20-18-13(11-5-6-26-9-11)2-3-14(19(18)21)17(8-22)25-12-1-4-15-16(7-12)24-10-23-15/h1-7,9-10,17,25H,(H,23,24). The maximum absolute atomic E-state index is 14.6. The van der Waals surface area contributed by atoms with Gasteiger partial charge in [-0.2, -0.15) is 16.6 Å². The molecule has 2 aromatic heterocycles. The number of nitriles is 1. The van der Waals surface area contributed by atoms with Crippen LogP contribution >= 0.6 is 11.3 Å². The van der Waals surface area contributed by atoms with Crippen molar-refractivity contribution in [3.8, 4) is 17.2 Å². The largest absolute Gasteiger partial charge is 0.366 e. The van der Waals surface area contributed by atoms with Gasteiger partial charge in [0.15, 0.2) is 11.6 Å². The van der Waals surface area contributed by atoms with Crippen LogP contribution in [0.25, 0.3) is 22.2 Å². The first-order chi connectivity index (χ1) is 12.7. The second-order valence-corrected chi connectivity index (χ2v) is 6.46. The number of anilines is 1. The number of H-pyrrole nitrogens is 1. The molecule has 0 aliphatic carbocycles. The first kappa shape index (κ1) is 16.2. The molecule has 0 amide bonds. The van der Waals surface area contributed by atoms with E-state index in [0.29, 0.717) is 16.8 Å². The van der Waals surface area contributed by atoms with Crippen molar-refractivity contribution in [3.63, 3.8) is 0 Å². The summed E-state index contributed by atoms with van der Waals surface area (Å²) in [5.74, 6) is -1.97. The third kappa shape index (κ3) is 2.80. The van der Waals surface area contributed by atoms with Gasteiger partial charge in [0.25, 0.3) is 0 Å². The summed E-state index contributed by atoms with van der Waals surface area (Å²) in [7, 11) is 0. The lowest BCUT2D eigenvalue weighted by Crippen LogP contribution is -2.11. The fourth-order valence-corrected chi connectivity index (χ4v) is 3.45. The third-order valence-corrected chi connectivity index (χ3v) is 4.80. The Morgan fingerprint density at radius 2 is 2.04 bits per heavy atom. The van der Waals surface area contributed by atoms with Gasteiger partial charge in [0.05, 0.1) is 23.4 Å². The second-order valence-electron chi connectivity index (χ2n) is 5.68. The Kier molecular flexibility index (Phi) is 4.11. The van der Waals surface area contributed by atoms with Crippen molar-refractivity contribution >= 4 is 28.1 Å². The van der Waals surface area contributed by atoms with Crippen molar-refractivity contribution in [1.82, 2.24) is 9.97 Å². The van der Waals surface area contributed by atoms with E-state index in [1.807, 2.05) is 6.07 Å². The summed E-state index contributed by atoms with van der Waals surface area (Å²) in [4.78, 5) is 7.11. The van der Waals surface area contributed by atoms with Gasteiger partial charge in [0, 0.05) is 16.8 Å². The Bertz CT molecular complexity index is 1110. The molecule has 1 unspecified atom stereocenters. The van der Waals surface area contributed by atoms with Gasteiger partial charge >= 0.3 is 0 Å². The number of fused-ring (bicyclic) bond motifs is 1. The molecule has 0 fully saturated rings. The first-order valence-electron chi connectivity index (χ1n) is 7.77. The molecule has 7 heteroatoms. The molecule has 0 bridgehead atoms. The number of halogens is 2. The van der Waals surface area contributed by atoms with E-state index in [0.717, 1.165) is 5.52 Å². The first-order valence-corrected chi connectivity index (χ1v) is 8.71. The number of aromatic amines is 1. The number of nitrogens with one attached hydrogen (secondary N) is 2. The van der Waals surface area contributed by atoms with E-state index in [9.17, 15) is 14.0 Å². The van der Waals surface area contributed by atoms with Gasteiger partial charge in [-0.3, -0.25) is 0 Å². The molecule has 0 saturated heterocycles. The number of nitrogens with zero attached hydrogens (tertiary/aromatic N) is 2. The smallest absolute Gasteiger partial charge is 0.167 e. The van der Waals surface area contributed by atoms with E-state index in [2.05, 4.69) is 15.3 Å². The summed E-state index contributed by atoms with van der Waals surface area (Å²) < 4.78 is 29.1. The van der Waals surface area contributed by atoms with Crippen molar-refractivity contribution in [1.29, 1.82) is 5.26 Å². The van der Waals surface area contributed by atoms with Crippen LogP contribution in [0.15, 0.2) is 53.5 Å². The lowest BCUT2D eigenvalue weighted by atomic mass is 10.0. The van der Waals surface area contributed by atoms with Crippen molar-refractivity contribution in [3.05, 3.63) is 70.7 Å². The number of imidazole rings is 1. The highest BCUT2D eigenvalue weighted by Gasteiger charge is 2.21. The number of aromatic nitrogens is 2. The number of benzene rings is 2. The van der Waals surface area contributed by atoms with Crippen LogP contribution in [-0.2, 0) is 0 Å². The zero-order valence-corrected chi connectivity index (χ0v) is 14.1. The normalized spacial score (nSPS) is 12.0. The number of thiophene rings is 1. The van der Waals surface area contributed by atoms with Gasteiger partial charge in [0.2, 0.25) is 0 Å². The number of hydrogen-bond acceptors (Lipinski definition) is 4. The molecule has 4 aromatic rings. The van der Waals surface area contributed by atoms with Gasteiger partial charge in [0.1, 0.15) is 6.04 Å². The highest BCUT2D eigenvalue weighted by molar-refractivity contribution is 7.08. The fraction of sp³-hybridized carbons (Fsp3) is 0.0526. The monoisotopic (exact) mass is 366 g/mol. The molecule has 0 spiro atoms. The Balaban J connectivity index is 1.68. The minimum atomic E-state index is -1.03. The molecule has 4 nitrogen and oxygen atoms in total. The molecule has 128 valence electrons. The van der Waals surface area contributed by atoms with Crippen LogP contribution in [0.2, 0.25) is 0 Å². The molecule has 1 atom stereocenters. The Labute approximate surface area is 151 Å². The summed E-state index contributed by atoms with van der Waals surface area (Å²) in [6.45, 7) is 0. The number of hydrogen-bond donors (Lipinski definition) is 2. The van der Waals surface area contributed by atoms with E-state index < -0.39 is 17.7 Å². The lowest BCUT2D eigenvalue weighted by molar-refractivity contribution is 0.500. The molecular weight excluding hydrogens is 354 g/mol. The minimum Gasteiger partial charge on any atom is -0.366 e. The summed E-state index contributed by atoms with van der Waals surface area (Å²) in [5, 5.41) is 15.9. The van der Waals surface area contributed by atoms with E-state index in [4.69, 9.17) is 0 Å². The van der Waals surface area contributed by atoms with Crippen LogP contribution in [0.4, 0.5) is 14.5 Å². The molecule has 2 N–H and O–H groups in total. The molecule has 26 heavy (non-hydrogen) atoms. The molecule has 0 aliphatic heterocycles. The van der Waals surface area contributed by atoms with Crippen molar-refractivity contribution in [2.45, 2.75) is 6.04 Å². The Hall–Kier alpha value is -3.24. The van der Waals surface area contributed by atoms with Gasteiger partial charge < -0.3 is 10.3 Å². The van der Waals surface area contributed by atoms with E-state index in [-0.39, 0.29) is 11.1 Å².